The average Bonchev–Trinajstić information content (AvgIpc) is 3.40. The number of imidazole rings is 2. The largest absolute Gasteiger partial charge is 0.337 e. The quantitative estimate of drug-likeness (QED) is 0.420. The van der Waals surface area contributed by atoms with E-state index in [1.807, 2.05) is 49.4 Å². The summed E-state index contributed by atoms with van der Waals surface area (Å²) < 4.78 is 1.71. The van der Waals surface area contributed by atoms with E-state index in [9.17, 15) is 4.79 Å². The minimum Gasteiger partial charge on any atom is -0.337 e. The minimum absolute atomic E-state index is 0.208. The van der Waals surface area contributed by atoms with Crippen molar-refractivity contribution in [2.24, 2.45) is 0 Å². The molecule has 0 radical (unpaired) electrons. The van der Waals surface area contributed by atoms with Gasteiger partial charge in [0.05, 0.1) is 11.0 Å². The van der Waals surface area contributed by atoms with Crippen LogP contribution < -0.4 is 5.32 Å². The third kappa shape index (κ3) is 3.78. The fourth-order valence-corrected chi connectivity index (χ4v) is 3.37. The van der Waals surface area contributed by atoms with E-state index in [0.717, 1.165) is 22.3 Å². The maximum absolute atomic E-state index is 13.1. The third-order valence-electron chi connectivity index (χ3n) is 4.80. The molecule has 152 valence electrons. The van der Waals surface area contributed by atoms with Crippen LogP contribution in [0.25, 0.3) is 28.2 Å². The van der Waals surface area contributed by atoms with Crippen LogP contribution in [0.2, 0.25) is 5.02 Å². The number of aromatic nitrogens is 5. The molecule has 0 atom stereocenters. The summed E-state index contributed by atoms with van der Waals surface area (Å²) in [6.45, 7) is 1.94. The molecule has 5 rings (SSSR count). The molecule has 1 amide bonds. The summed E-state index contributed by atoms with van der Waals surface area (Å²) >= 11 is 6.04. The number of hydrogen-bond acceptors (Lipinski definition) is 4. The number of benzene rings is 2. The lowest BCUT2D eigenvalue weighted by molar-refractivity contribution is 0.101. The van der Waals surface area contributed by atoms with Gasteiger partial charge in [-0.3, -0.25) is 9.36 Å². The zero-order valence-electron chi connectivity index (χ0n) is 16.5. The first-order chi connectivity index (χ1) is 15.1. The number of anilines is 1. The number of para-hydroxylation sites is 2. The fourth-order valence-electron chi connectivity index (χ4n) is 3.24. The molecule has 0 fully saturated rings. The van der Waals surface area contributed by atoms with Crippen molar-refractivity contribution in [3.05, 3.63) is 89.5 Å². The summed E-state index contributed by atoms with van der Waals surface area (Å²) in [5.41, 5.74) is 4.03. The van der Waals surface area contributed by atoms with Crippen LogP contribution in [0.15, 0.2) is 73.1 Å². The van der Waals surface area contributed by atoms with Crippen LogP contribution in [0.3, 0.4) is 0 Å². The molecule has 31 heavy (non-hydrogen) atoms. The van der Waals surface area contributed by atoms with Gasteiger partial charge in [0.15, 0.2) is 5.82 Å². The molecule has 0 aliphatic heterocycles. The number of fused-ring (bicyclic) bond motifs is 1. The Morgan fingerprint density at radius 3 is 2.58 bits per heavy atom. The zero-order valence-corrected chi connectivity index (χ0v) is 17.3. The predicted octanol–water partition coefficient (Wildman–Crippen LogP) is 5.02. The fraction of sp³-hybridized carbons (Fsp3) is 0.0435. The Labute approximate surface area is 182 Å². The van der Waals surface area contributed by atoms with Gasteiger partial charge in [0.2, 0.25) is 5.82 Å². The van der Waals surface area contributed by atoms with Gasteiger partial charge in [-0.05, 0) is 55.0 Å². The third-order valence-corrected chi connectivity index (χ3v) is 5.05. The van der Waals surface area contributed by atoms with E-state index in [1.165, 1.54) is 0 Å². The Bertz CT molecular complexity index is 1350. The highest BCUT2D eigenvalue weighted by atomic mass is 35.5. The molecule has 0 saturated carbocycles. The zero-order chi connectivity index (χ0) is 21.4. The van der Waals surface area contributed by atoms with Gasteiger partial charge in [-0.25, -0.2) is 15.0 Å². The van der Waals surface area contributed by atoms with Crippen LogP contribution in [0.1, 0.15) is 16.2 Å². The Balaban J connectivity index is 1.58. The van der Waals surface area contributed by atoms with Gasteiger partial charge in [-0.2, -0.15) is 0 Å². The number of aromatic amines is 1. The highest BCUT2D eigenvalue weighted by Crippen LogP contribution is 2.23. The lowest BCUT2D eigenvalue weighted by Gasteiger charge is -2.08. The number of amides is 1. The highest BCUT2D eigenvalue weighted by Gasteiger charge is 2.20. The van der Waals surface area contributed by atoms with Crippen LogP contribution >= 0.6 is 11.6 Å². The summed E-state index contributed by atoms with van der Waals surface area (Å²) in [6, 6.07) is 18.5. The second-order valence-corrected chi connectivity index (χ2v) is 7.51. The van der Waals surface area contributed by atoms with Gasteiger partial charge in [-0.15, -0.1) is 0 Å². The first-order valence-electron chi connectivity index (χ1n) is 9.61. The number of nitrogens with one attached hydrogen (secondary N) is 2. The molecule has 0 bridgehead atoms. The topological polar surface area (TPSA) is 88.5 Å². The highest BCUT2D eigenvalue weighted by molar-refractivity contribution is 6.30. The van der Waals surface area contributed by atoms with E-state index in [-0.39, 0.29) is 11.7 Å². The van der Waals surface area contributed by atoms with E-state index < -0.39 is 0 Å². The second kappa shape index (κ2) is 7.70. The molecule has 2 aromatic carbocycles. The van der Waals surface area contributed by atoms with E-state index in [2.05, 4.69) is 25.3 Å². The number of hydrogen-bond donors (Lipinski definition) is 2. The maximum Gasteiger partial charge on any atom is 0.293 e. The van der Waals surface area contributed by atoms with Gasteiger partial charge in [0.1, 0.15) is 11.5 Å². The SMILES string of the molecule is Cc1ccc(NC(=O)c2nc(-c3nc4ccccc4[nH]3)cn2-c2ccc(Cl)cc2)nc1. The monoisotopic (exact) mass is 428 g/mol. The van der Waals surface area contributed by atoms with Crippen molar-refractivity contribution in [2.45, 2.75) is 6.92 Å². The van der Waals surface area contributed by atoms with Gasteiger partial charge >= 0.3 is 0 Å². The molecule has 0 spiro atoms. The summed E-state index contributed by atoms with van der Waals surface area (Å²) in [6.07, 6.45) is 3.47. The summed E-state index contributed by atoms with van der Waals surface area (Å²) in [5.74, 6) is 0.858. The van der Waals surface area contributed by atoms with E-state index in [0.29, 0.717) is 22.4 Å². The van der Waals surface area contributed by atoms with Crippen molar-refractivity contribution in [2.75, 3.05) is 5.32 Å². The first kappa shape index (κ1) is 19.0. The van der Waals surface area contributed by atoms with E-state index in [4.69, 9.17) is 11.6 Å². The lowest BCUT2D eigenvalue weighted by atomic mass is 10.3. The molecule has 0 aliphatic carbocycles. The molecular formula is C23H17ClN6O. The number of pyridine rings is 1. The van der Waals surface area contributed by atoms with Gasteiger partial charge < -0.3 is 10.3 Å². The second-order valence-electron chi connectivity index (χ2n) is 7.07. The summed E-state index contributed by atoms with van der Waals surface area (Å²) in [5, 5.41) is 3.42. The van der Waals surface area contributed by atoms with Gasteiger partial charge in [0, 0.05) is 23.1 Å². The molecule has 3 aromatic heterocycles. The molecule has 0 unspecified atom stereocenters. The Morgan fingerprint density at radius 2 is 1.84 bits per heavy atom. The predicted molar refractivity (Wildman–Crippen MR) is 121 cm³/mol. The number of nitrogens with zero attached hydrogens (tertiary/aromatic N) is 4. The van der Waals surface area contributed by atoms with Crippen molar-refractivity contribution in [3.63, 3.8) is 0 Å². The average molecular weight is 429 g/mol. The minimum atomic E-state index is -0.381. The van der Waals surface area contributed by atoms with Crippen molar-refractivity contribution < 1.29 is 4.79 Å². The van der Waals surface area contributed by atoms with Crippen LogP contribution in [0.4, 0.5) is 5.82 Å². The van der Waals surface area contributed by atoms with Crippen LogP contribution in [0.5, 0.6) is 0 Å². The maximum atomic E-state index is 13.1. The Kier molecular flexibility index (Phi) is 4.72. The number of rotatable bonds is 4. The molecule has 5 aromatic rings. The molecular weight excluding hydrogens is 412 g/mol. The molecule has 8 heteroatoms. The number of halogens is 1. The van der Waals surface area contributed by atoms with E-state index >= 15 is 0 Å². The number of aryl methyl sites for hydroxylation is 1. The van der Waals surface area contributed by atoms with Crippen molar-refractivity contribution in [1.29, 1.82) is 0 Å². The first-order valence-corrected chi connectivity index (χ1v) is 9.99. The van der Waals surface area contributed by atoms with Crippen LogP contribution in [-0.2, 0) is 0 Å². The normalized spacial score (nSPS) is 11.0. The van der Waals surface area contributed by atoms with Crippen LogP contribution in [-0.4, -0.2) is 30.4 Å². The smallest absolute Gasteiger partial charge is 0.293 e. The van der Waals surface area contributed by atoms with Gasteiger partial charge in [-0.1, -0.05) is 29.8 Å². The van der Waals surface area contributed by atoms with E-state index in [1.54, 1.807) is 35.2 Å². The molecule has 0 aliphatic rings. The number of carbonyl (C=O) groups is 1. The summed E-state index contributed by atoms with van der Waals surface area (Å²) in [7, 11) is 0. The van der Waals surface area contributed by atoms with Crippen molar-refractivity contribution >= 4 is 34.4 Å². The number of H-pyrrole nitrogens is 1. The molecule has 7 nitrogen and oxygen atoms in total. The van der Waals surface area contributed by atoms with Crippen molar-refractivity contribution in [3.8, 4) is 17.2 Å². The van der Waals surface area contributed by atoms with Crippen LogP contribution in [0, 0.1) is 6.92 Å². The van der Waals surface area contributed by atoms with Crippen molar-refractivity contribution in [1.82, 2.24) is 24.5 Å². The van der Waals surface area contributed by atoms with Gasteiger partial charge in [0.25, 0.3) is 5.91 Å². The summed E-state index contributed by atoms with van der Waals surface area (Å²) in [4.78, 5) is 29.8. The molecule has 3 heterocycles. The molecule has 0 saturated heterocycles. The standard InChI is InChI=1S/C23H17ClN6O/c1-14-6-11-20(25-12-14)29-23(31)22-28-19(13-30(22)16-9-7-15(24)8-10-16)21-26-17-4-2-3-5-18(17)27-21/h2-13H,1H3,(H,26,27)(H,25,29,31). The number of carbonyl (C=O) groups excluding carboxylic acids is 1. The Morgan fingerprint density at radius 1 is 1.03 bits per heavy atom. The Hall–Kier alpha value is -3.97. The lowest BCUT2D eigenvalue weighted by Crippen LogP contribution is -2.18. The molecule has 2 N–H and O–H groups in total.